The van der Waals surface area contributed by atoms with Gasteiger partial charge < -0.3 is 4.43 Å². The van der Waals surface area contributed by atoms with E-state index in [1.54, 1.807) is 0 Å². The highest BCUT2D eigenvalue weighted by molar-refractivity contribution is 14.1. The van der Waals surface area contributed by atoms with Gasteiger partial charge in [-0.2, -0.15) is 0 Å². The van der Waals surface area contributed by atoms with Crippen molar-refractivity contribution in [3.05, 3.63) is 30.3 Å². The van der Waals surface area contributed by atoms with Crippen molar-refractivity contribution in [2.24, 2.45) is 0 Å². The lowest BCUT2D eigenvalue weighted by molar-refractivity contribution is 0.567. The summed E-state index contributed by atoms with van der Waals surface area (Å²) in [6, 6.07) is 10.9. The zero-order valence-electron chi connectivity index (χ0n) is 11.0. The second-order valence-corrected chi connectivity index (χ2v) is 15.5. The summed E-state index contributed by atoms with van der Waals surface area (Å²) in [5, 5.41) is -2.07. The fourth-order valence-electron chi connectivity index (χ4n) is 1.82. The van der Waals surface area contributed by atoms with Crippen LogP contribution in [0.25, 0.3) is 0 Å². The summed E-state index contributed by atoms with van der Waals surface area (Å²) in [6.45, 7) is 2.25. The molecule has 1 atom stereocenters. The Hall–Kier alpha value is 0.257. The Morgan fingerprint density at radius 1 is 1.06 bits per heavy atom. The van der Waals surface area contributed by atoms with Gasteiger partial charge in [-0.05, 0) is 40.0 Å². The van der Waals surface area contributed by atoms with Crippen LogP contribution in [0.3, 0.4) is 0 Å². The SMILES string of the molecule is CCCCCCCC[Si](Cl)(I)Oc1ccccc1. The normalized spacial score (nSPS) is 14.2. The molecule has 0 spiro atoms. The number of hydrogen-bond donors (Lipinski definition) is 0. The van der Waals surface area contributed by atoms with Crippen LogP contribution in [0, 0.1) is 0 Å². The fourth-order valence-corrected chi connectivity index (χ4v) is 5.64. The third kappa shape index (κ3) is 7.64. The lowest BCUT2D eigenvalue weighted by atomic mass is 10.1. The maximum Gasteiger partial charge on any atom is 0.415 e. The number of hydrogen-bond acceptors (Lipinski definition) is 1. The summed E-state index contributed by atoms with van der Waals surface area (Å²) in [5.74, 6) is 0.902. The van der Waals surface area contributed by atoms with E-state index in [-0.39, 0.29) is 0 Å². The van der Waals surface area contributed by atoms with Crippen LogP contribution in [0.15, 0.2) is 30.3 Å². The maximum atomic E-state index is 6.51. The Morgan fingerprint density at radius 2 is 1.67 bits per heavy atom. The maximum absolute atomic E-state index is 6.51. The van der Waals surface area contributed by atoms with Gasteiger partial charge in [-0.1, -0.05) is 63.6 Å². The molecule has 0 aliphatic carbocycles. The Kier molecular flexibility index (Phi) is 8.34. The van der Waals surface area contributed by atoms with E-state index in [9.17, 15) is 0 Å². The van der Waals surface area contributed by atoms with Crippen LogP contribution >= 0.6 is 32.9 Å². The molecule has 0 heterocycles. The van der Waals surface area contributed by atoms with Crippen LogP contribution in [0.1, 0.15) is 45.4 Å². The van der Waals surface area contributed by atoms with E-state index >= 15 is 0 Å². The predicted molar refractivity (Wildman–Crippen MR) is 90.9 cm³/mol. The van der Waals surface area contributed by atoms with Gasteiger partial charge in [-0.15, -0.1) is 11.1 Å². The first kappa shape index (κ1) is 16.3. The van der Waals surface area contributed by atoms with Gasteiger partial charge in [-0.25, -0.2) is 0 Å². The van der Waals surface area contributed by atoms with E-state index in [0.717, 1.165) is 11.8 Å². The summed E-state index contributed by atoms with van der Waals surface area (Å²) >= 11 is 8.84. The lowest BCUT2D eigenvalue weighted by Crippen LogP contribution is -2.27. The van der Waals surface area contributed by atoms with Gasteiger partial charge in [0.25, 0.3) is 0 Å². The van der Waals surface area contributed by atoms with Crippen LogP contribution in [-0.2, 0) is 0 Å². The van der Waals surface area contributed by atoms with Gasteiger partial charge in [0, 0.05) is 0 Å². The van der Waals surface area contributed by atoms with Crippen LogP contribution in [0.2, 0.25) is 6.04 Å². The molecule has 0 bridgehead atoms. The second-order valence-electron chi connectivity index (χ2n) is 4.57. The molecule has 0 aliphatic rings. The molecule has 0 radical (unpaired) electrons. The number of unbranched alkanes of at least 4 members (excludes halogenated alkanes) is 5. The van der Waals surface area contributed by atoms with Crippen molar-refractivity contribution in [1.82, 2.24) is 0 Å². The molecule has 0 amide bonds. The second kappa shape index (κ2) is 9.21. The minimum absolute atomic E-state index is 0.902. The van der Waals surface area contributed by atoms with Crippen molar-refractivity contribution in [2.45, 2.75) is 51.5 Å². The lowest BCUT2D eigenvalue weighted by Gasteiger charge is -2.19. The molecular formula is C14H22ClIOSi. The zero-order chi connectivity index (χ0) is 13.3. The standard InChI is InChI=1S/C14H22ClIOSi/c1-2-3-4-5-6-10-13-18(15,16)17-14-11-8-7-9-12-14/h7-9,11-12H,2-6,10,13H2,1H3. The van der Waals surface area contributed by atoms with Crippen molar-refractivity contribution in [2.75, 3.05) is 0 Å². The number of halogens is 2. The number of para-hydroxylation sites is 1. The Balaban J connectivity index is 2.19. The highest BCUT2D eigenvalue weighted by atomic mass is 127. The molecule has 0 saturated heterocycles. The monoisotopic (exact) mass is 396 g/mol. The summed E-state index contributed by atoms with van der Waals surface area (Å²) in [7, 11) is 0. The fraction of sp³-hybridized carbons (Fsp3) is 0.571. The van der Waals surface area contributed by atoms with Gasteiger partial charge in [0.15, 0.2) is 0 Å². The third-order valence-electron chi connectivity index (χ3n) is 2.83. The van der Waals surface area contributed by atoms with Crippen molar-refractivity contribution in [1.29, 1.82) is 0 Å². The summed E-state index contributed by atoms with van der Waals surface area (Å²) in [4.78, 5) is 0. The predicted octanol–water partition coefficient (Wildman–Crippen LogP) is 6.04. The molecule has 102 valence electrons. The summed E-state index contributed by atoms with van der Waals surface area (Å²) in [5.41, 5.74) is 0. The first-order chi connectivity index (χ1) is 8.64. The average molecular weight is 397 g/mol. The molecule has 0 aromatic heterocycles. The molecule has 18 heavy (non-hydrogen) atoms. The molecule has 4 heteroatoms. The summed E-state index contributed by atoms with van der Waals surface area (Å²) < 4.78 is 5.92. The van der Waals surface area contributed by atoms with Gasteiger partial charge in [0.05, 0.1) is 0 Å². The summed E-state index contributed by atoms with van der Waals surface area (Å²) in [6.07, 6.45) is 7.81. The molecule has 1 aromatic carbocycles. The van der Waals surface area contributed by atoms with Crippen molar-refractivity contribution in [3.8, 4) is 5.75 Å². The zero-order valence-corrected chi connectivity index (χ0v) is 14.9. The van der Waals surface area contributed by atoms with Crippen molar-refractivity contribution in [3.63, 3.8) is 0 Å². The number of rotatable bonds is 9. The average Bonchev–Trinajstić information content (AvgIpc) is 2.34. The van der Waals surface area contributed by atoms with Gasteiger partial charge in [0.2, 0.25) is 0 Å². The van der Waals surface area contributed by atoms with Crippen LogP contribution < -0.4 is 4.43 Å². The molecule has 1 rings (SSSR count). The minimum Gasteiger partial charge on any atom is -0.522 e. The Morgan fingerprint density at radius 3 is 2.33 bits per heavy atom. The molecule has 0 fully saturated rings. The van der Waals surface area contributed by atoms with Gasteiger partial charge >= 0.3 is 5.12 Å². The molecule has 0 N–H and O–H groups in total. The van der Waals surface area contributed by atoms with E-state index in [4.69, 9.17) is 15.5 Å². The van der Waals surface area contributed by atoms with Gasteiger partial charge in [-0.3, -0.25) is 0 Å². The van der Waals surface area contributed by atoms with E-state index in [1.807, 2.05) is 30.3 Å². The van der Waals surface area contributed by atoms with E-state index in [0.29, 0.717) is 0 Å². The molecule has 0 aliphatic heterocycles. The van der Waals surface area contributed by atoms with Crippen LogP contribution in [0.4, 0.5) is 0 Å². The number of benzene rings is 1. The Labute approximate surface area is 129 Å². The largest absolute Gasteiger partial charge is 0.522 e. The molecule has 1 nitrogen and oxygen atoms in total. The minimum atomic E-state index is -2.07. The van der Waals surface area contributed by atoms with Crippen molar-refractivity contribution >= 4 is 38.0 Å². The molecule has 0 saturated carbocycles. The Bertz CT molecular complexity index is 319. The first-order valence-corrected chi connectivity index (χ1v) is 13.0. The molecule has 1 aromatic rings. The highest BCUT2D eigenvalue weighted by Crippen LogP contribution is 2.29. The van der Waals surface area contributed by atoms with E-state index in [1.165, 1.54) is 38.5 Å². The van der Waals surface area contributed by atoms with Crippen LogP contribution in [-0.4, -0.2) is 5.12 Å². The van der Waals surface area contributed by atoms with E-state index in [2.05, 4.69) is 28.7 Å². The molecule has 1 unspecified atom stereocenters. The first-order valence-electron chi connectivity index (χ1n) is 6.76. The molecular weight excluding hydrogens is 375 g/mol. The quantitative estimate of drug-likeness (QED) is 0.214. The van der Waals surface area contributed by atoms with Crippen molar-refractivity contribution < 1.29 is 4.43 Å². The van der Waals surface area contributed by atoms with E-state index < -0.39 is 5.12 Å². The smallest absolute Gasteiger partial charge is 0.415 e. The topological polar surface area (TPSA) is 9.23 Å². The van der Waals surface area contributed by atoms with Gasteiger partial charge in [0.1, 0.15) is 5.75 Å². The highest BCUT2D eigenvalue weighted by Gasteiger charge is 2.30. The van der Waals surface area contributed by atoms with Crippen LogP contribution in [0.5, 0.6) is 5.75 Å². The third-order valence-corrected chi connectivity index (χ3v) is 7.38.